The first-order chi connectivity index (χ1) is 7.74. The molecule has 0 spiro atoms. The summed E-state index contributed by atoms with van der Waals surface area (Å²) in [6, 6.07) is 0.496. The fourth-order valence-electron chi connectivity index (χ4n) is 2.62. The lowest BCUT2D eigenvalue weighted by molar-refractivity contribution is -0.122. The second-order valence-electron chi connectivity index (χ2n) is 5.54. The van der Waals surface area contributed by atoms with Crippen LogP contribution in [0.2, 0.25) is 0 Å². The molecule has 0 aliphatic heterocycles. The molecule has 0 aromatic rings. The first kappa shape index (κ1) is 11.9. The van der Waals surface area contributed by atoms with Crippen molar-refractivity contribution in [2.75, 3.05) is 20.1 Å². The van der Waals surface area contributed by atoms with Crippen LogP contribution in [-0.2, 0) is 4.79 Å². The Morgan fingerprint density at radius 1 is 1.19 bits per heavy atom. The molecule has 16 heavy (non-hydrogen) atoms. The monoisotopic (exact) mass is 224 g/mol. The minimum atomic E-state index is 0.209. The van der Waals surface area contributed by atoms with Gasteiger partial charge < -0.3 is 5.32 Å². The summed E-state index contributed by atoms with van der Waals surface area (Å²) in [5, 5.41) is 3.04. The van der Waals surface area contributed by atoms with Gasteiger partial charge in [0.05, 0.1) is 6.54 Å². The molecule has 0 radical (unpaired) electrons. The van der Waals surface area contributed by atoms with Crippen LogP contribution in [0.1, 0.15) is 44.9 Å². The third kappa shape index (κ3) is 4.12. The van der Waals surface area contributed by atoms with Gasteiger partial charge in [-0.1, -0.05) is 19.3 Å². The Balaban J connectivity index is 1.61. The van der Waals surface area contributed by atoms with Crippen molar-refractivity contribution < 1.29 is 4.79 Å². The molecule has 1 amide bonds. The topological polar surface area (TPSA) is 32.3 Å². The van der Waals surface area contributed by atoms with E-state index in [1.807, 2.05) is 0 Å². The van der Waals surface area contributed by atoms with Gasteiger partial charge in [-0.15, -0.1) is 0 Å². The number of nitrogens with zero attached hydrogens (tertiary/aromatic N) is 1. The van der Waals surface area contributed by atoms with Gasteiger partial charge in [0.25, 0.3) is 0 Å². The highest BCUT2D eigenvalue weighted by Crippen LogP contribution is 2.24. The Morgan fingerprint density at radius 2 is 1.88 bits per heavy atom. The van der Waals surface area contributed by atoms with Crippen molar-refractivity contribution >= 4 is 5.91 Å². The number of amides is 1. The van der Waals surface area contributed by atoms with Crippen molar-refractivity contribution in [2.24, 2.45) is 5.92 Å². The average molecular weight is 224 g/mol. The summed E-state index contributed by atoms with van der Waals surface area (Å²) in [6.45, 7) is 1.67. The van der Waals surface area contributed by atoms with Gasteiger partial charge in [0.1, 0.15) is 0 Å². The normalized spacial score (nSPS) is 22.4. The van der Waals surface area contributed by atoms with Gasteiger partial charge >= 0.3 is 0 Å². The standard InChI is InChI=1S/C13H24N2O/c1-15(9-11-5-3-2-4-6-11)10-13(16)14-12-7-8-12/h11-12H,2-10H2,1H3,(H,14,16). The van der Waals surface area contributed by atoms with Gasteiger partial charge in [0, 0.05) is 12.6 Å². The summed E-state index contributed by atoms with van der Waals surface area (Å²) in [6.07, 6.45) is 9.24. The highest BCUT2D eigenvalue weighted by Gasteiger charge is 2.24. The van der Waals surface area contributed by atoms with E-state index in [4.69, 9.17) is 0 Å². The van der Waals surface area contributed by atoms with Crippen LogP contribution in [0.15, 0.2) is 0 Å². The molecule has 2 rings (SSSR count). The van der Waals surface area contributed by atoms with Gasteiger partial charge in [0.2, 0.25) is 5.91 Å². The highest BCUT2D eigenvalue weighted by molar-refractivity contribution is 5.78. The van der Waals surface area contributed by atoms with E-state index < -0.39 is 0 Å². The zero-order valence-electron chi connectivity index (χ0n) is 10.4. The molecule has 2 aliphatic rings. The number of rotatable bonds is 5. The minimum absolute atomic E-state index is 0.209. The summed E-state index contributed by atoms with van der Waals surface area (Å²) < 4.78 is 0. The smallest absolute Gasteiger partial charge is 0.234 e. The van der Waals surface area contributed by atoms with Crippen LogP contribution in [0.5, 0.6) is 0 Å². The first-order valence-electron chi connectivity index (χ1n) is 6.72. The zero-order valence-corrected chi connectivity index (χ0v) is 10.4. The molecule has 1 N–H and O–H groups in total. The van der Waals surface area contributed by atoms with E-state index in [0.29, 0.717) is 12.6 Å². The van der Waals surface area contributed by atoms with Crippen LogP contribution < -0.4 is 5.32 Å². The summed E-state index contributed by atoms with van der Waals surface area (Å²) in [5.74, 6) is 1.04. The second-order valence-corrected chi connectivity index (χ2v) is 5.54. The Bertz CT molecular complexity index is 232. The third-order valence-electron chi connectivity index (χ3n) is 3.65. The number of carbonyl (C=O) groups is 1. The lowest BCUT2D eigenvalue weighted by Crippen LogP contribution is -2.38. The summed E-state index contributed by atoms with van der Waals surface area (Å²) in [4.78, 5) is 13.8. The molecule has 0 bridgehead atoms. The number of hydrogen-bond acceptors (Lipinski definition) is 2. The maximum atomic E-state index is 11.6. The molecule has 92 valence electrons. The largest absolute Gasteiger partial charge is 0.352 e. The predicted molar refractivity (Wildman–Crippen MR) is 65.2 cm³/mol. The van der Waals surface area contributed by atoms with Crippen LogP contribution >= 0.6 is 0 Å². The van der Waals surface area contributed by atoms with Crippen molar-refractivity contribution in [3.8, 4) is 0 Å². The molecule has 3 heteroatoms. The molecule has 0 unspecified atom stereocenters. The number of likely N-dealkylation sites (N-methyl/N-ethyl adjacent to an activating group) is 1. The van der Waals surface area contributed by atoms with Crippen molar-refractivity contribution in [1.82, 2.24) is 10.2 Å². The number of hydrogen-bond donors (Lipinski definition) is 1. The molecule has 3 nitrogen and oxygen atoms in total. The van der Waals surface area contributed by atoms with E-state index in [1.54, 1.807) is 0 Å². The quantitative estimate of drug-likeness (QED) is 0.772. The molecule has 2 aliphatic carbocycles. The van der Waals surface area contributed by atoms with E-state index >= 15 is 0 Å². The molecule has 0 aromatic heterocycles. The van der Waals surface area contributed by atoms with E-state index in [-0.39, 0.29) is 5.91 Å². The van der Waals surface area contributed by atoms with Crippen LogP contribution in [0.4, 0.5) is 0 Å². The summed E-state index contributed by atoms with van der Waals surface area (Å²) in [7, 11) is 2.07. The Labute approximate surface area is 98.6 Å². The summed E-state index contributed by atoms with van der Waals surface area (Å²) in [5.41, 5.74) is 0. The lowest BCUT2D eigenvalue weighted by Gasteiger charge is -2.26. The molecular formula is C13H24N2O. The molecule has 0 heterocycles. The van der Waals surface area contributed by atoms with Gasteiger partial charge in [-0.2, -0.15) is 0 Å². The number of nitrogens with one attached hydrogen (secondary N) is 1. The summed E-state index contributed by atoms with van der Waals surface area (Å²) >= 11 is 0. The van der Waals surface area contributed by atoms with Crippen LogP contribution in [0, 0.1) is 5.92 Å². The van der Waals surface area contributed by atoms with Crippen LogP contribution in [0.25, 0.3) is 0 Å². The SMILES string of the molecule is CN(CC(=O)NC1CC1)CC1CCCCC1. The van der Waals surface area contributed by atoms with Gasteiger partial charge in [-0.3, -0.25) is 9.69 Å². The van der Waals surface area contributed by atoms with Gasteiger partial charge in [0.15, 0.2) is 0 Å². The zero-order chi connectivity index (χ0) is 11.4. The Morgan fingerprint density at radius 3 is 2.50 bits per heavy atom. The predicted octanol–water partition coefficient (Wildman–Crippen LogP) is 1.78. The third-order valence-corrected chi connectivity index (χ3v) is 3.65. The molecule has 0 aromatic carbocycles. The number of carbonyl (C=O) groups excluding carboxylic acids is 1. The molecule has 2 fully saturated rings. The van der Waals surface area contributed by atoms with E-state index in [0.717, 1.165) is 12.5 Å². The molecule has 0 atom stereocenters. The average Bonchev–Trinajstić information content (AvgIpc) is 3.02. The first-order valence-corrected chi connectivity index (χ1v) is 6.72. The van der Waals surface area contributed by atoms with Crippen molar-refractivity contribution in [3.63, 3.8) is 0 Å². The Kier molecular flexibility index (Phi) is 4.22. The Hall–Kier alpha value is -0.570. The minimum Gasteiger partial charge on any atom is -0.352 e. The van der Waals surface area contributed by atoms with E-state index in [1.165, 1.54) is 44.9 Å². The van der Waals surface area contributed by atoms with Gasteiger partial charge in [-0.05, 0) is 38.6 Å². The lowest BCUT2D eigenvalue weighted by atomic mass is 9.89. The van der Waals surface area contributed by atoms with E-state index in [2.05, 4.69) is 17.3 Å². The second kappa shape index (κ2) is 5.67. The van der Waals surface area contributed by atoms with Crippen LogP contribution in [0.3, 0.4) is 0 Å². The maximum Gasteiger partial charge on any atom is 0.234 e. The molecular weight excluding hydrogens is 200 g/mol. The molecule has 0 saturated heterocycles. The highest BCUT2D eigenvalue weighted by atomic mass is 16.2. The fourth-order valence-corrected chi connectivity index (χ4v) is 2.62. The molecule has 2 saturated carbocycles. The van der Waals surface area contributed by atoms with Crippen molar-refractivity contribution in [3.05, 3.63) is 0 Å². The van der Waals surface area contributed by atoms with E-state index in [9.17, 15) is 4.79 Å². The van der Waals surface area contributed by atoms with Crippen molar-refractivity contribution in [2.45, 2.75) is 51.0 Å². The fraction of sp³-hybridized carbons (Fsp3) is 0.923. The maximum absolute atomic E-state index is 11.6. The van der Waals surface area contributed by atoms with Crippen LogP contribution in [-0.4, -0.2) is 37.0 Å². The van der Waals surface area contributed by atoms with Crippen molar-refractivity contribution in [1.29, 1.82) is 0 Å². The van der Waals surface area contributed by atoms with Gasteiger partial charge in [-0.25, -0.2) is 0 Å².